The van der Waals surface area contributed by atoms with Gasteiger partial charge in [-0.15, -0.1) is 0 Å². The van der Waals surface area contributed by atoms with Crippen LogP contribution in [0.2, 0.25) is 0 Å². The lowest BCUT2D eigenvalue weighted by Gasteiger charge is -2.50. The van der Waals surface area contributed by atoms with Gasteiger partial charge in [0.15, 0.2) is 0 Å². The number of aliphatic hydroxyl groups is 1. The maximum Gasteiger partial charge on any atom is 0.416 e. The summed E-state index contributed by atoms with van der Waals surface area (Å²) in [5, 5.41) is 10.6. The highest BCUT2D eigenvalue weighted by molar-refractivity contribution is 5.61. The molecule has 0 aromatic heterocycles. The van der Waals surface area contributed by atoms with E-state index in [-0.39, 0.29) is 17.3 Å². The molecule has 2 nitrogen and oxygen atoms in total. The van der Waals surface area contributed by atoms with Crippen LogP contribution in [-0.2, 0) is 12.6 Å². The van der Waals surface area contributed by atoms with Crippen LogP contribution >= 0.6 is 0 Å². The van der Waals surface area contributed by atoms with Gasteiger partial charge < -0.3 is 9.84 Å². The molecule has 2 aromatic rings. The van der Waals surface area contributed by atoms with Crippen molar-refractivity contribution in [2.75, 3.05) is 0 Å². The van der Waals surface area contributed by atoms with Gasteiger partial charge in [-0.1, -0.05) is 31.7 Å². The van der Waals surface area contributed by atoms with E-state index in [1.165, 1.54) is 17.2 Å². The van der Waals surface area contributed by atoms with Crippen LogP contribution in [0.1, 0.15) is 67.2 Å². The third kappa shape index (κ3) is 3.55. The Hall–Kier alpha value is -2.27. The molecular formula is C27H29F3O2. The molecule has 0 heterocycles. The lowest BCUT2D eigenvalue weighted by molar-refractivity contribution is -0.137. The smallest absolute Gasteiger partial charge is 0.416 e. The van der Waals surface area contributed by atoms with Gasteiger partial charge in [0.05, 0.1) is 11.7 Å². The lowest BCUT2D eigenvalue weighted by Crippen LogP contribution is -2.43. The predicted octanol–water partition coefficient (Wildman–Crippen LogP) is 6.97. The summed E-state index contributed by atoms with van der Waals surface area (Å²) in [6, 6.07) is 11.1. The van der Waals surface area contributed by atoms with Crippen molar-refractivity contribution in [1.82, 2.24) is 0 Å². The van der Waals surface area contributed by atoms with Crippen LogP contribution in [0.4, 0.5) is 13.2 Å². The van der Waals surface area contributed by atoms with E-state index < -0.39 is 11.7 Å². The Morgan fingerprint density at radius 1 is 1.09 bits per heavy atom. The summed E-state index contributed by atoms with van der Waals surface area (Å²) in [7, 11) is 0. The van der Waals surface area contributed by atoms with Crippen molar-refractivity contribution in [3.63, 3.8) is 0 Å². The molecule has 3 aliphatic carbocycles. The van der Waals surface area contributed by atoms with Gasteiger partial charge in [-0.25, -0.2) is 0 Å². The topological polar surface area (TPSA) is 29.5 Å². The van der Waals surface area contributed by atoms with E-state index in [0.717, 1.165) is 50.7 Å². The van der Waals surface area contributed by atoms with Crippen LogP contribution in [0.5, 0.6) is 5.75 Å². The summed E-state index contributed by atoms with van der Waals surface area (Å²) >= 11 is 0. The molecule has 0 unspecified atom stereocenters. The SMILES string of the molecule is C=C(Oc1ccc2c(c1)CC[C@@H]1[C@@H]2CC[C@]2(C)[C@H](O)CC[C@@H]12)c1cccc(C(F)(F)F)c1. The first-order valence-corrected chi connectivity index (χ1v) is 11.5. The monoisotopic (exact) mass is 442 g/mol. The van der Waals surface area contributed by atoms with E-state index in [9.17, 15) is 18.3 Å². The second-order valence-electron chi connectivity index (χ2n) is 10.0. The average molecular weight is 443 g/mol. The molecule has 0 amide bonds. The lowest BCUT2D eigenvalue weighted by atomic mass is 9.55. The standard InChI is InChI=1S/C27H29F3O2/c1-16(17-4-3-5-19(14-17)27(28,29)30)32-20-7-9-21-18(15-20)6-8-23-22(21)12-13-26(2)24(23)10-11-25(26)31/h3-5,7,9,14-15,22-25,31H,1,6,8,10-13H2,2H3/t22-,23-,24+,25-,26+/m1/s1. The van der Waals surface area contributed by atoms with Gasteiger partial charge in [0.1, 0.15) is 11.5 Å². The molecule has 5 rings (SSSR count). The first-order valence-electron chi connectivity index (χ1n) is 11.5. The fraction of sp³-hybridized carbons (Fsp3) is 0.481. The molecule has 170 valence electrons. The van der Waals surface area contributed by atoms with E-state index in [1.807, 2.05) is 12.1 Å². The quantitative estimate of drug-likeness (QED) is 0.520. The normalized spacial score (nSPS) is 31.4. The summed E-state index contributed by atoms with van der Waals surface area (Å²) in [6.45, 7) is 6.13. The van der Waals surface area contributed by atoms with Crippen LogP contribution in [0.25, 0.3) is 5.76 Å². The molecule has 0 bridgehead atoms. The Kier molecular flexibility index (Phi) is 5.16. The van der Waals surface area contributed by atoms with Gasteiger partial charge >= 0.3 is 6.18 Å². The van der Waals surface area contributed by atoms with Gasteiger partial charge in [-0.05, 0) is 97.1 Å². The average Bonchev–Trinajstić information content (AvgIpc) is 3.07. The Bertz CT molecular complexity index is 1040. The molecule has 2 aromatic carbocycles. The summed E-state index contributed by atoms with van der Waals surface area (Å²) in [5.74, 6) is 2.54. The molecule has 0 radical (unpaired) electrons. The zero-order valence-corrected chi connectivity index (χ0v) is 18.3. The third-order valence-corrected chi connectivity index (χ3v) is 8.40. The van der Waals surface area contributed by atoms with Crippen LogP contribution in [0.15, 0.2) is 49.0 Å². The molecule has 5 heteroatoms. The maximum atomic E-state index is 13.0. The summed E-state index contributed by atoms with van der Waals surface area (Å²) in [6.07, 6.45) is 1.70. The minimum Gasteiger partial charge on any atom is -0.457 e. The van der Waals surface area contributed by atoms with Crippen molar-refractivity contribution < 1.29 is 23.0 Å². The fourth-order valence-electron chi connectivity index (χ4n) is 6.66. The number of hydrogen-bond donors (Lipinski definition) is 1. The zero-order valence-electron chi connectivity index (χ0n) is 18.3. The van der Waals surface area contributed by atoms with E-state index in [1.54, 1.807) is 6.07 Å². The number of rotatable bonds is 3. The second kappa shape index (κ2) is 7.65. The molecular weight excluding hydrogens is 413 g/mol. The van der Waals surface area contributed by atoms with E-state index in [4.69, 9.17) is 4.74 Å². The Labute approximate surface area is 187 Å². The fourth-order valence-corrected chi connectivity index (χ4v) is 6.66. The summed E-state index contributed by atoms with van der Waals surface area (Å²) < 4.78 is 44.9. The van der Waals surface area contributed by atoms with Crippen LogP contribution < -0.4 is 4.74 Å². The molecule has 1 N–H and O–H groups in total. The summed E-state index contributed by atoms with van der Waals surface area (Å²) in [5.41, 5.74) is 2.32. The van der Waals surface area contributed by atoms with Crippen LogP contribution in [0, 0.1) is 17.3 Å². The van der Waals surface area contributed by atoms with Crippen LogP contribution in [0.3, 0.4) is 0 Å². The summed E-state index contributed by atoms with van der Waals surface area (Å²) in [4.78, 5) is 0. The van der Waals surface area contributed by atoms with Gasteiger partial charge in [0.25, 0.3) is 0 Å². The highest BCUT2D eigenvalue weighted by atomic mass is 19.4. The molecule has 32 heavy (non-hydrogen) atoms. The van der Waals surface area contributed by atoms with Crippen molar-refractivity contribution in [3.8, 4) is 5.75 Å². The van der Waals surface area contributed by atoms with E-state index >= 15 is 0 Å². The Balaban J connectivity index is 1.34. The highest BCUT2D eigenvalue weighted by Crippen LogP contribution is 2.61. The molecule has 3 aliphatic rings. The minimum absolute atomic E-state index is 0.0599. The predicted molar refractivity (Wildman–Crippen MR) is 118 cm³/mol. The largest absolute Gasteiger partial charge is 0.457 e. The van der Waals surface area contributed by atoms with Gasteiger partial charge in [0.2, 0.25) is 0 Å². The minimum atomic E-state index is -4.40. The number of hydrogen-bond acceptors (Lipinski definition) is 2. The number of fused-ring (bicyclic) bond motifs is 5. The van der Waals surface area contributed by atoms with Gasteiger partial charge in [-0.2, -0.15) is 13.2 Å². The highest BCUT2D eigenvalue weighted by Gasteiger charge is 2.54. The van der Waals surface area contributed by atoms with Crippen molar-refractivity contribution in [3.05, 3.63) is 71.3 Å². The number of benzene rings is 2. The second-order valence-corrected chi connectivity index (χ2v) is 10.0. The number of aliphatic hydroxyl groups excluding tert-OH is 1. The molecule has 0 spiro atoms. The molecule has 0 saturated heterocycles. The Morgan fingerprint density at radius 3 is 2.69 bits per heavy atom. The molecule has 2 saturated carbocycles. The number of aryl methyl sites for hydroxylation is 1. The molecule has 2 fully saturated rings. The number of halogens is 3. The van der Waals surface area contributed by atoms with Gasteiger partial charge in [0, 0.05) is 5.56 Å². The number of ether oxygens (including phenoxy) is 1. The van der Waals surface area contributed by atoms with Crippen LogP contribution in [-0.4, -0.2) is 11.2 Å². The first kappa shape index (κ1) is 21.6. The zero-order chi connectivity index (χ0) is 22.7. The van der Waals surface area contributed by atoms with Crippen molar-refractivity contribution >= 4 is 5.76 Å². The third-order valence-electron chi connectivity index (χ3n) is 8.40. The molecule has 5 atom stereocenters. The Morgan fingerprint density at radius 2 is 1.91 bits per heavy atom. The van der Waals surface area contributed by atoms with Gasteiger partial charge in [-0.3, -0.25) is 0 Å². The van der Waals surface area contributed by atoms with E-state index in [2.05, 4.69) is 19.6 Å². The van der Waals surface area contributed by atoms with Crippen molar-refractivity contribution in [2.45, 2.75) is 63.6 Å². The van der Waals surface area contributed by atoms with E-state index in [0.29, 0.717) is 29.1 Å². The molecule has 0 aliphatic heterocycles. The first-order chi connectivity index (χ1) is 15.2. The van der Waals surface area contributed by atoms with Crippen molar-refractivity contribution in [1.29, 1.82) is 0 Å². The maximum absolute atomic E-state index is 13.0. The van der Waals surface area contributed by atoms with Crippen molar-refractivity contribution in [2.24, 2.45) is 17.3 Å². The number of alkyl halides is 3.